The first-order valence-corrected chi connectivity index (χ1v) is 9.82. The maximum Gasteiger partial charge on any atom is 0.442 e. The van der Waals surface area contributed by atoms with Crippen molar-refractivity contribution in [3.8, 4) is 16.3 Å². The number of hydrogen-bond acceptors (Lipinski definition) is 4. The van der Waals surface area contributed by atoms with E-state index in [4.69, 9.17) is 0 Å². The smallest absolute Gasteiger partial charge is 0.341 e. The van der Waals surface area contributed by atoms with Crippen LogP contribution in [0, 0.1) is 0 Å². The Kier molecular flexibility index (Phi) is 5.91. The molecule has 27 heavy (non-hydrogen) atoms. The Labute approximate surface area is 162 Å². The van der Waals surface area contributed by atoms with Gasteiger partial charge in [-0.3, -0.25) is 4.79 Å². The molecule has 0 radical (unpaired) electrons. The van der Waals surface area contributed by atoms with Crippen LogP contribution in [0.5, 0.6) is 0 Å². The molecule has 0 atom stereocenters. The van der Waals surface area contributed by atoms with Gasteiger partial charge < -0.3 is 4.90 Å². The molecule has 0 fully saturated rings. The van der Waals surface area contributed by atoms with E-state index in [1.165, 1.54) is 23.3 Å². The lowest BCUT2D eigenvalue weighted by atomic mass is 10.2. The first kappa shape index (κ1) is 19.5. The van der Waals surface area contributed by atoms with E-state index in [1.807, 2.05) is 54.0 Å². The number of nitrogens with zero attached hydrogens (tertiary/aromatic N) is 3. The maximum atomic E-state index is 12.3. The second-order valence-corrected chi connectivity index (χ2v) is 7.73. The molecule has 0 spiro atoms. The van der Waals surface area contributed by atoms with E-state index in [1.54, 1.807) is 4.68 Å². The van der Waals surface area contributed by atoms with Crippen LogP contribution in [0.15, 0.2) is 54.0 Å². The van der Waals surface area contributed by atoms with Gasteiger partial charge in [0.2, 0.25) is 5.91 Å². The molecular weight excluding hydrogens is 395 g/mol. The normalized spacial score (nSPS) is 11.6. The molecule has 2 aromatic heterocycles. The lowest BCUT2D eigenvalue weighted by molar-refractivity contribution is -0.127. The van der Waals surface area contributed by atoms with Crippen LogP contribution >= 0.6 is 23.1 Å². The summed E-state index contributed by atoms with van der Waals surface area (Å²) in [6.45, 7) is 0.178. The fraction of sp³-hybridized carbons (Fsp3) is 0.222. The van der Waals surface area contributed by atoms with Gasteiger partial charge in [-0.2, -0.15) is 18.3 Å². The summed E-state index contributed by atoms with van der Waals surface area (Å²) in [4.78, 5) is 14.3. The highest BCUT2D eigenvalue weighted by atomic mass is 32.2. The van der Waals surface area contributed by atoms with Crippen molar-refractivity contribution in [2.75, 3.05) is 12.8 Å². The van der Waals surface area contributed by atoms with E-state index in [-0.39, 0.29) is 18.3 Å². The van der Waals surface area contributed by atoms with Gasteiger partial charge in [-0.25, -0.2) is 4.68 Å². The highest BCUT2D eigenvalue weighted by Crippen LogP contribution is 2.31. The Morgan fingerprint density at radius 2 is 1.96 bits per heavy atom. The quantitative estimate of drug-likeness (QED) is 0.584. The van der Waals surface area contributed by atoms with E-state index in [2.05, 4.69) is 5.10 Å². The molecule has 3 aromatic rings. The summed E-state index contributed by atoms with van der Waals surface area (Å²) < 4.78 is 38.7. The van der Waals surface area contributed by atoms with Crippen molar-refractivity contribution in [2.45, 2.75) is 12.1 Å². The molecule has 1 aromatic carbocycles. The Morgan fingerprint density at radius 1 is 1.22 bits per heavy atom. The van der Waals surface area contributed by atoms with Crippen LogP contribution in [-0.4, -0.2) is 38.9 Å². The van der Waals surface area contributed by atoms with Gasteiger partial charge in [0.25, 0.3) is 0 Å². The van der Waals surface area contributed by atoms with Crippen molar-refractivity contribution in [2.24, 2.45) is 0 Å². The molecule has 0 saturated carbocycles. The van der Waals surface area contributed by atoms with Crippen LogP contribution < -0.4 is 0 Å². The summed E-state index contributed by atoms with van der Waals surface area (Å²) in [7, 11) is 1.50. The van der Waals surface area contributed by atoms with E-state index in [0.717, 1.165) is 21.8 Å². The van der Waals surface area contributed by atoms with Gasteiger partial charge in [-0.05, 0) is 35.3 Å². The van der Waals surface area contributed by atoms with Gasteiger partial charge in [0.15, 0.2) is 0 Å². The Bertz CT molecular complexity index is 892. The molecule has 0 aliphatic rings. The van der Waals surface area contributed by atoms with E-state index in [9.17, 15) is 18.0 Å². The largest absolute Gasteiger partial charge is 0.442 e. The molecule has 1 amide bonds. The summed E-state index contributed by atoms with van der Waals surface area (Å²) in [5.74, 6) is -1.22. The molecule has 9 heteroatoms. The minimum atomic E-state index is -4.42. The predicted octanol–water partition coefficient (Wildman–Crippen LogP) is 4.81. The zero-order chi connectivity index (χ0) is 19.4. The second-order valence-electron chi connectivity index (χ2n) is 5.74. The van der Waals surface area contributed by atoms with Crippen molar-refractivity contribution in [1.29, 1.82) is 0 Å². The Hall–Kier alpha value is -2.26. The first-order chi connectivity index (χ1) is 12.8. The van der Waals surface area contributed by atoms with E-state index in [0.29, 0.717) is 0 Å². The number of carbonyl (C=O) groups is 1. The lowest BCUT2D eigenvalue weighted by Crippen LogP contribution is -2.28. The molecule has 0 bridgehead atoms. The third-order valence-electron chi connectivity index (χ3n) is 3.76. The van der Waals surface area contributed by atoms with Crippen LogP contribution in [-0.2, 0) is 11.3 Å². The van der Waals surface area contributed by atoms with Gasteiger partial charge in [-0.1, -0.05) is 24.3 Å². The number of carbonyl (C=O) groups excluding carboxylic acids is 1. The SMILES string of the molecule is CN(Cc1cn(-c2ccccc2)nc1-c1cccs1)C(=O)CSC(F)(F)F. The first-order valence-electron chi connectivity index (χ1n) is 7.96. The number of benzene rings is 1. The van der Waals surface area contributed by atoms with Gasteiger partial charge in [0.1, 0.15) is 5.69 Å². The van der Waals surface area contributed by atoms with Crippen molar-refractivity contribution in [3.63, 3.8) is 0 Å². The maximum absolute atomic E-state index is 12.3. The average molecular weight is 411 g/mol. The number of aromatic nitrogens is 2. The minimum absolute atomic E-state index is 0.178. The molecule has 142 valence electrons. The van der Waals surface area contributed by atoms with Crippen molar-refractivity contribution in [1.82, 2.24) is 14.7 Å². The van der Waals surface area contributed by atoms with E-state index < -0.39 is 17.2 Å². The highest BCUT2D eigenvalue weighted by molar-refractivity contribution is 8.00. The highest BCUT2D eigenvalue weighted by Gasteiger charge is 2.30. The third-order valence-corrected chi connectivity index (χ3v) is 5.35. The van der Waals surface area contributed by atoms with Crippen molar-refractivity contribution < 1.29 is 18.0 Å². The number of alkyl halides is 3. The topological polar surface area (TPSA) is 38.1 Å². The molecule has 0 aliphatic heterocycles. The molecule has 3 rings (SSSR count). The summed E-state index contributed by atoms with van der Waals surface area (Å²) in [5.41, 5.74) is -2.06. The fourth-order valence-corrected chi connectivity index (χ4v) is 3.71. The third kappa shape index (κ3) is 5.14. The average Bonchev–Trinajstić information content (AvgIpc) is 3.29. The zero-order valence-electron chi connectivity index (χ0n) is 14.3. The van der Waals surface area contributed by atoms with Crippen LogP contribution in [0.2, 0.25) is 0 Å². The second kappa shape index (κ2) is 8.18. The van der Waals surface area contributed by atoms with E-state index >= 15 is 0 Å². The number of halogens is 3. The number of hydrogen-bond donors (Lipinski definition) is 0. The Morgan fingerprint density at radius 3 is 2.59 bits per heavy atom. The van der Waals surface area contributed by atoms with Gasteiger partial charge in [-0.15, -0.1) is 11.3 Å². The summed E-state index contributed by atoms with van der Waals surface area (Å²) in [6.07, 6.45) is 1.81. The number of para-hydroxylation sites is 1. The summed E-state index contributed by atoms with van der Waals surface area (Å²) >= 11 is 1.19. The van der Waals surface area contributed by atoms with Gasteiger partial charge in [0, 0.05) is 25.4 Å². The van der Waals surface area contributed by atoms with Crippen LogP contribution in [0.4, 0.5) is 13.2 Å². The van der Waals surface area contributed by atoms with Gasteiger partial charge >= 0.3 is 5.51 Å². The molecule has 2 heterocycles. The monoisotopic (exact) mass is 411 g/mol. The fourth-order valence-electron chi connectivity index (χ4n) is 2.46. The molecule has 0 aliphatic carbocycles. The number of amides is 1. The van der Waals surface area contributed by atoms with Crippen LogP contribution in [0.1, 0.15) is 5.56 Å². The number of thiophene rings is 1. The Balaban J connectivity index is 1.83. The predicted molar refractivity (Wildman–Crippen MR) is 102 cm³/mol. The van der Waals surface area contributed by atoms with Crippen LogP contribution in [0.3, 0.4) is 0 Å². The number of thioether (sulfide) groups is 1. The standard InChI is InChI=1S/C18H16F3N3OS2/c1-23(16(25)12-27-18(19,20)21)10-13-11-24(14-6-3-2-4-7-14)22-17(13)15-8-5-9-26-15/h2-9,11H,10,12H2,1H3. The lowest BCUT2D eigenvalue weighted by Gasteiger charge is -2.17. The summed E-state index contributed by atoms with van der Waals surface area (Å²) in [6, 6.07) is 13.3. The number of rotatable bonds is 6. The molecular formula is C18H16F3N3OS2. The van der Waals surface area contributed by atoms with Crippen LogP contribution in [0.25, 0.3) is 16.3 Å². The summed E-state index contributed by atoms with van der Waals surface area (Å²) in [5, 5.41) is 6.55. The molecule has 0 N–H and O–H groups in total. The molecule has 0 saturated heterocycles. The van der Waals surface area contributed by atoms with Crippen molar-refractivity contribution in [3.05, 3.63) is 59.6 Å². The molecule has 0 unspecified atom stereocenters. The van der Waals surface area contributed by atoms with Gasteiger partial charge in [0.05, 0.1) is 16.3 Å². The molecule has 4 nitrogen and oxygen atoms in total. The minimum Gasteiger partial charge on any atom is -0.341 e. The van der Waals surface area contributed by atoms with Crippen molar-refractivity contribution >= 4 is 29.0 Å². The zero-order valence-corrected chi connectivity index (χ0v) is 15.9.